The number of carbonyl (C=O) groups is 2. The maximum Gasteiger partial charge on any atom is 0.257 e. The first-order valence-electron chi connectivity index (χ1n) is 8.07. The van der Waals surface area contributed by atoms with Crippen molar-refractivity contribution >= 4 is 23.2 Å². The third-order valence-corrected chi connectivity index (χ3v) is 5.48. The molecule has 5 heterocycles. The smallest absolute Gasteiger partial charge is 0.257 e. The van der Waals surface area contributed by atoms with E-state index in [9.17, 15) is 9.59 Å². The minimum absolute atomic E-state index is 0.0386. The molecule has 3 aliphatic rings. The number of fused-ring (bicyclic) bond motifs is 4. The topological polar surface area (TPSA) is 71.3 Å². The Morgan fingerprint density at radius 1 is 1.38 bits per heavy atom. The van der Waals surface area contributed by atoms with Crippen LogP contribution in [0, 0.1) is 5.92 Å². The zero-order valence-electron chi connectivity index (χ0n) is 13.5. The molecule has 2 atom stereocenters. The van der Waals surface area contributed by atoms with E-state index < -0.39 is 0 Å². The molecule has 2 aromatic rings. The second-order valence-electron chi connectivity index (χ2n) is 6.49. The summed E-state index contributed by atoms with van der Waals surface area (Å²) < 4.78 is 1.62. The van der Waals surface area contributed by atoms with Gasteiger partial charge in [-0.25, -0.2) is 4.98 Å². The van der Waals surface area contributed by atoms with E-state index in [-0.39, 0.29) is 23.8 Å². The first kappa shape index (κ1) is 15.3. The Morgan fingerprint density at radius 3 is 2.96 bits per heavy atom. The van der Waals surface area contributed by atoms with Gasteiger partial charge in [0.1, 0.15) is 0 Å². The van der Waals surface area contributed by atoms with Crippen molar-refractivity contribution in [3.63, 3.8) is 0 Å². The van der Waals surface area contributed by atoms with Gasteiger partial charge in [0.2, 0.25) is 5.91 Å². The third kappa shape index (κ3) is 2.71. The van der Waals surface area contributed by atoms with Crippen molar-refractivity contribution in [2.45, 2.75) is 25.4 Å². The molecule has 0 spiro atoms. The van der Waals surface area contributed by atoms with Crippen molar-refractivity contribution in [2.24, 2.45) is 13.0 Å². The van der Waals surface area contributed by atoms with Gasteiger partial charge in [-0.3, -0.25) is 14.3 Å². The van der Waals surface area contributed by atoms with E-state index in [4.69, 9.17) is 0 Å². The average molecular weight is 345 g/mol. The molecule has 0 saturated carbocycles. The van der Waals surface area contributed by atoms with E-state index in [1.54, 1.807) is 29.6 Å². The first-order valence-corrected chi connectivity index (χ1v) is 9.01. The minimum atomic E-state index is -0.108. The van der Waals surface area contributed by atoms with Crippen LogP contribution in [0.25, 0.3) is 0 Å². The lowest BCUT2D eigenvalue weighted by Crippen LogP contribution is -2.47. The van der Waals surface area contributed by atoms with Gasteiger partial charge in [0.15, 0.2) is 0 Å². The van der Waals surface area contributed by atoms with Crippen LogP contribution in [-0.4, -0.2) is 55.5 Å². The molecule has 0 aromatic carbocycles. The number of hydrogen-bond acceptors (Lipinski definition) is 5. The van der Waals surface area contributed by atoms with E-state index in [0.29, 0.717) is 25.2 Å². The largest absolute Gasteiger partial charge is 0.336 e. The van der Waals surface area contributed by atoms with Crippen molar-refractivity contribution in [1.82, 2.24) is 24.6 Å². The fraction of sp³-hybridized carbons (Fsp3) is 0.500. The molecule has 0 N–H and O–H groups in total. The van der Waals surface area contributed by atoms with Crippen LogP contribution in [0.4, 0.5) is 0 Å². The number of amides is 2. The molecule has 3 fully saturated rings. The maximum absolute atomic E-state index is 12.8. The highest BCUT2D eigenvalue weighted by Gasteiger charge is 2.42. The third-order valence-electron chi connectivity index (χ3n) is 4.85. The van der Waals surface area contributed by atoms with E-state index in [1.807, 2.05) is 15.2 Å². The molecule has 2 amide bonds. The number of aryl methyl sites for hydroxylation is 1. The normalized spacial score (nSPS) is 23.6. The van der Waals surface area contributed by atoms with Gasteiger partial charge in [-0.1, -0.05) is 0 Å². The molecule has 0 radical (unpaired) electrons. The molecular formula is C16H19N5O2S. The molecule has 8 heteroatoms. The van der Waals surface area contributed by atoms with Gasteiger partial charge in [-0.15, -0.1) is 11.3 Å². The summed E-state index contributed by atoms with van der Waals surface area (Å²) in [6, 6.07) is 0.0681. The van der Waals surface area contributed by atoms with E-state index >= 15 is 0 Å². The van der Waals surface area contributed by atoms with Crippen LogP contribution in [0.1, 0.15) is 28.9 Å². The summed E-state index contributed by atoms with van der Waals surface area (Å²) in [6.45, 7) is 1.62. The standard InChI is InChI=1S/C16H19N5O2S/c1-19-5-12(4-18-19)15(22)20-6-11-2-3-14(8-20)21(16(11)23)7-13-9-24-10-17-13/h4-5,9-11,14H,2-3,6-8H2,1H3/t11-,14+/m1/s1. The molecule has 5 rings (SSSR count). The Hall–Kier alpha value is -2.22. The Bertz CT molecular complexity index is 756. The fourth-order valence-electron chi connectivity index (χ4n) is 3.62. The minimum Gasteiger partial charge on any atom is -0.336 e. The van der Waals surface area contributed by atoms with Crippen molar-refractivity contribution < 1.29 is 9.59 Å². The molecule has 2 bridgehead atoms. The van der Waals surface area contributed by atoms with Crippen LogP contribution < -0.4 is 0 Å². The second kappa shape index (κ2) is 6.01. The number of aromatic nitrogens is 3. The molecule has 126 valence electrons. The van der Waals surface area contributed by atoms with Gasteiger partial charge in [0, 0.05) is 37.8 Å². The van der Waals surface area contributed by atoms with Gasteiger partial charge in [-0.2, -0.15) is 5.10 Å². The predicted octanol–water partition coefficient (Wildman–Crippen LogP) is 1.14. The summed E-state index contributed by atoms with van der Waals surface area (Å²) >= 11 is 1.54. The van der Waals surface area contributed by atoms with E-state index in [0.717, 1.165) is 18.5 Å². The van der Waals surface area contributed by atoms with E-state index in [2.05, 4.69) is 10.1 Å². The number of hydrogen-bond donors (Lipinski definition) is 0. The number of nitrogens with zero attached hydrogens (tertiary/aromatic N) is 5. The van der Waals surface area contributed by atoms with Crippen LogP contribution in [-0.2, 0) is 18.4 Å². The number of thiazole rings is 1. The van der Waals surface area contributed by atoms with Crippen molar-refractivity contribution in [3.05, 3.63) is 34.5 Å². The lowest BCUT2D eigenvalue weighted by atomic mass is 9.94. The van der Waals surface area contributed by atoms with Crippen LogP contribution >= 0.6 is 11.3 Å². The Labute approximate surface area is 143 Å². The average Bonchev–Trinajstić information content (AvgIpc) is 3.15. The van der Waals surface area contributed by atoms with Crippen molar-refractivity contribution in [3.8, 4) is 0 Å². The number of rotatable bonds is 3. The Kier molecular flexibility index (Phi) is 3.84. The SMILES string of the molecule is Cn1cc(C(=O)N2C[C@H]3CC[C@@H](C2)N(Cc2cscn2)C3=O)cn1. The number of piperidine rings is 1. The summed E-state index contributed by atoms with van der Waals surface area (Å²) in [6.07, 6.45) is 5.11. The Balaban J connectivity index is 1.55. The maximum atomic E-state index is 12.8. The molecule has 0 unspecified atom stereocenters. The van der Waals surface area contributed by atoms with Crippen LogP contribution in [0.2, 0.25) is 0 Å². The monoisotopic (exact) mass is 345 g/mol. The quantitative estimate of drug-likeness (QED) is 0.836. The highest BCUT2D eigenvalue weighted by molar-refractivity contribution is 7.07. The molecule has 0 aliphatic carbocycles. The van der Waals surface area contributed by atoms with Crippen LogP contribution in [0.5, 0.6) is 0 Å². The fourth-order valence-corrected chi connectivity index (χ4v) is 4.17. The van der Waals surface area contributed by atoms with Crippen molar-refractivity contribution in [2.75, 3.05) is 13.1 Å². The van der Waals surface area contributed by atoms with Crippen LogP contribution in [0.15, 0.2) is 23.3 Å². The van der Waals surface area contributed by atoms with Gasteiger partial charge in [0.05, 0.1) is 35.4 Å². The zero-order valence-corrected chi connectivity index (χ0v) is 14.3. The summed E-state index contributed by atoms with van der Waals surface area (Å²) in [4.78, 5) is 33.6. The van der Waals surface area contributed by atoms with Gasteiger partial charge in [0.25, 0.3) is 5.91 Å². The molecule has 3 saturated heterocycles. The lowest BCUT2D eigenvalue weighted by Gasteiger charge is -2.35. The van der Waals surface area contributed by atoms with E-state index in [1.165, 1.54) is 11.3 Å². The van der Waals surface area contributed by atoms with Gasteiger partial charge in [-0.05, 0) is 12.8 Å². The summed E-state index contributed by atoms with van der Waals surface area (Å²) in [5.41, 5.74) is 3.29. The highest BCUT2D eigenvalue weighted by atomic mass is 32.1. The molecular weight excluding hydrogens is 326 g/mol. The first-order chi connectivity index (χ1) is 11.6. The lowest BCUT2D eigenvalue weighted by molar-refractivity contribution is -0.140. The molecule has 24 heavy (non-hydrogen) atoms. The highest BCUT2D eigenvalue weighted by Crippen LogP contribution is 2.31. The number of carbonyl (C=O) groups excluding carboxylic acids is 2. The zero-order chi connectivity index (χ0) is 16.7. The second-order valence-corrected chi connectivity index (χ2v) is 7.21. The van der Waals surface area contributed by atoms with Gasteiger partial charge >= 0.3 is 0 Å². The van der Waals surface area contributed by atoms with Crippen molar-refractivity contribution in [1.29, 1.82) is 0 Å². The molecule has 7 nitrogen and oxygen atoms in total. The summed E-state index contributed by atoms with van der Waals surface area (Å²) in [5, 5.41) is 6.05. The molecule has 3 aliphatic heterocycles. The summed E-state index contributed by atoms with van der Waals surface area (Å²) in [5.74, 6) is 0.00653. The van der Waals surface area contributed by atoms with Gasteiger partial charge < -0.3 is 9.80 Å². The Morgan fingerprint density at radius 2 is 2.25 bits per heavy atom. The molecule has 2 aromatic heterocycles. The predicted molar refractivity (Wildman–Crippen MR) is 88.3 cm³/mol. The summed E-state index contributed by atoms with van der Waals surface area (Å²) in [7, 11) is 1.79. The van der Waals surface area contributed by atoms with Crippen LogP contribution in [0.3, 0.4) is 0 Å².